The summed E-state index contributed by atoms with van der Waals surface area (Å²) in [6.07, 6.45) is -2.61. The van der Waals surface area contributed by atoms with Crippen LogP contribution in [0, 0.1) is 11.7 Å². The molecule has 2 rings (SSSR count). The number of aliphatic carboxylic acids is 1. The number of piperidine rings is 1. The Bertz CT molecular complexity index is 573. The molecule has 0 atom stereocenters. The Morgan fingerprint density at radius 3 is 2.36 bits per heavy atom. The number of hydrogen-bond donors (Lipinski definition) is 3. The number of hydrogen-bond acceptors (Lipinski definition) is 3. The Morgan fingerprint density at radius 2 is 1.84 bits per heavy atom. The number of nitrogens with one attached hydrogen (secondary N) is 2. The average Bonchev–Trinajstić information content (AvgIpc) is 2.54. The van der Waals surface area contributed by atoms with Gasteiger partial charge in [-0.1, -0.05) is 12.1 Å². The highest BCUT2D eigenvalue weighted by Gasteiger charge is 2.38. The maximum absolute atomic E-state index is 13.0. The number of carboxylic acids is 1. The number of amides is 1. The van der Waals surface area contributed by atoms with Crippen LogP contribution in [0.15, 0.2) is 24.3 Å². The predicted molar refractivity (Wildman–Crippen MR) is 82.4 cm³/mol. The van der Waals surface area contributed by atoms with Crippen LogP contribution in [0.2, 0.25) is 0 Å². The third-order valence-electron chi connectivity index (χ3n) is 3.54. The molecule has 5 nitrogen and oxygen atoms in total. The molecule has 1 aliphatic rings. The van der Waals surface area contributed by atoms with Crippen LogP contribution in [0.3, 0.4) is 0 Å². The van der Waals surface area contributed by atoms with Gasteiger partial charge in [0.25, 0.3) is 0 Å². The molecule has 0 saturated carbocycles. The smallest absolute Gasteiger partial charge is 0.475 e. The molecule has 9 heteroatoms. The zero-order chi connectivity index (χ0) is 18.9. The number of carbonyl (C=O) groups excluding carboxylic acids is 1. The Labute approximate surface area is 142 Å². The molecule has 1 aromatic rings. The molecule has 140 valence electrons. The molecule has 0 bridgehead atoms. The average molecular weight is 364 g/mol. The molecular formula is C16H20F4N2O3. The van der Waals surface area contributed by atoms with Gasteiger partial charge in [-0.15, -0.1) is 0 Å². The number of benzene rings is 1. The van der Waals surface area contributed by atoms with Crippen molar-refractivity contribution in [1.82, 2.24) is 10.6 Å². The quantitative estimate of drug-likeness (QED) is 0.715. The zero-order valence-electron chi connectivity index (χ0n) is 13.4. The molecular weight excluding hydrogens is 344 g/mol. The summed E-state index contributed by atoms with van der Waals surface area (Å²) in [5.41, 5.74) is 0.720. The minimum atomic E-state index is -5.08. The van der Waals surface area contributed by atoms with Gasteiger partial charge >= 0.3 is 12.1 Å². The first kappa shape index (κ1) is 20.9. The summed E-state index contributed by atoms with van der Waals surface area (Å²) >= 11 is 0. The van der Waals surface area contributed by atoms with Crippen molar-refractivity contribution in [3.63, 3.8) is 0 Å². The summed E-state index contributed by atoms with van der Waals surface area (Å²) in [5.74, 6) is -2.51. The second-order valence-corrected chi connectivity index (χ2v) is 5.61. The lowest BCUT2D eigenvalue weighted by Crippen LogP contribution is -2.36. The van der Waals surface area contributed by atoms with E-state index in [-0.39, 0.29) is 18.1 Å². The number of rotatable bonds is 4. The van der Waals surface area contributed by atoms with Crippen LogP contribution in [0.25, 0.3) is 0 Å². The molecule has 1 saturated heterocycles. The molecule has 1 amide bonds. The van der Waals surface area contributed by atoms with Crippen LogP contribution in [0.4, 0.5) is 17.6 Å². The van der Waals surface area contributed by atoms with Gasteiger partial charge in [-0.2, -0.15) is 13.2 Å². The van der Waals surface area contributed by atoms with Crippen molar-refractivity contribution in [2.45, 2.75) is 25.4 Å². The number of carbonyl (C=O) groups is 2. The van der Waals surface area contributed by atoms with Crippen LogP contribution in [0.5, 0.6) is 0 Å². The Balaban J connectivity index is 0.000000381. The van der Waals surface area contributed by atoms with Gasteiger partial charge in [0.1, 0.15) is 5.82 Å². The molecule has 1 aromatic carbocycles. The fraction of sp³-hybridized carbons (Fsp3) is 0.500. The van der Waals surface area contributed by atoms with E-state index >= 15 is 0 Å². The largest absolute Gasteiger partial charge is 0.490 e. The predicted octanol–water partition coefficient (Wildman–Crippen LogP) is 2.12. The SMILES string of the molecule is O=C(Cc1cccc(F)c1)NCC1CCNCC1.O=C(O)C(F)(F)F. The van der Waals surface area contributed by atoms with E-state index in [0.717, 1.165) is 38.0 Å². The molecule has 1 aliphatic heterocycles. The van der Waals surface area contributed by atoms with Gasteiger partial charge in [0.05, 0.1) is 6.42 Å². The van der Waals surface area contributed by atoms with Gasteiger partial charge in [0, 0.05) is 6.54 Å². The van der Waals surface area contributed by atoms with Crippen molar-refractivity contribution in [3.05, 3.63) is 35.6 Å². The minimum Gasteiger partial charge on any atom is -0.475 e. The van der Waals surface area contributed by atoms with E-state index in [0.29, 0.717) is 5.92 Å². The van der Waals surface area contributed by atoms with E-state index in [4.69, 9.17) is 9.90 Å². The summed E-state index contributed by atoms with van der Waals surface area (Å²) in [5, 5.41) is 13.4. The van der Waals surface area contributed by atoms with Gasteiger partial charge in [-0.3, -0.25) is 4.79 Å². The highest BCUT2D eigenvalue weighted by molar-refractivity contribution is 5.78. The second kappa shape index (κ2) is 9.97. The fourth-order valence-corrected chi connectivity index (χ4v) is 2.24. The normalized spacial score (nSPS) is 15.0. The molecule has 1 fully saturated rings. The Morgan fingerprint density at radius 1 is 1.24 bits per heavy atom. The van der Waals surface area contributed by atoms with E-state index in [1.54, 1.807) is 12.1 Å². The number of halogens is 4. The van der Waals surface area contributed by atoms with Gasteiger partial charge < -0.3 is 15.7 Å². The lowest BCUT2D eigenvalue weighted by molar-refractivity contribution is -0.192. The maximum atomic E-state index is 13.0. The number of alkyl halides is 3. The molecule has 1 heterocycles. The van der Waals surface area contributed by atoms with E-state index in [1.165, 1.54) is 12.1 Å². The van der Waals surface area contributed by atoms with E-state index in [2.05, 4.69) is 10.6 Å². The zero-order valence-corrected chi connectivity index (χ0v) is 13.4. The summed E-state index contributed by atoms with van der Waals surface area (Å²) in [6, 6.07) is 6.19. The van der Waals surface area contributed by atoms with Gasteiger partial charge in [-0.25, -0.2) is 9.18 Å². The minimum absolute atomic E-state index is 0.0286. The molecule has 0 radical (unpaired) electrons. The summed E-state index contributed by atoms with van der Waals surface area (Å²) in [4.78, 5) is 20.6. The highest BCUT2D eigenvalue weighted by Crippen LogP contribution is 2.13. The lowest BCUT2D eigenvalue weighted by Gasteiger charge is -2.22. The Hall–Kier alpha value is -2.16. The second-order valence-electron chi connectivity index (χ2n) is 5.61. The van der Waals surface area contributed by atoms with Crippen molar-refractivity contribution in [3.8, 4) is 0 Å². The molecule has 25 heavy (non-hydrogen) atoms. The first-order valence-electron chi connectivity index (χ1n) is 7.70. The first-order valence-corrected chi connectivity index (χ1v) is 7.70. The molecule has 0 aliphatic carbocycles. The van der Waals surface area contributed by atoms with Gasteiger partial charge in [0.15, 0.2) is 0 Å². The monoisotopic (exact) mass is 364 g/mol. The Kier molecular flexibility index (Phi) is 8.33. The van der Waals surface area contributed by atoms with Crippen LogP contribution < -0.4 is 10.6 Å². The van der Waals surface area contributed by atoms with E-state index < -0.39 is 12.1 Å². The molecule has 0 unspecified atom stereocenters. The van der Waals surface area contributed by atoms with Crippen LogP contribution in [-0.2, 0) is 16.0 Å². The lowest BCUT2D eigenvalue weighted by atomic mass is 9.98. The molecule has 3 N–H and O–H groups in total. The van der Waals surface area contributed by atoms with Crippen molar-refractivity contribution >= 4 is 11.9 Å². The third-order valence-corrected chi connectivity index (χ3v) is 3.54. The van der Waals surface area contributed by atoms with Crippen molar-refractivity contribution in [2.24, 2.45) is 5.92 Å². The number of carboxylic acid groups (broad SMARTS) is 1. The summed E-state index contributed by atoms with van der Waals surface area (Å²) < 4.78 is 44.7. The van der Waals surface area contributed by atoms with Crippen LogP contribution >= 0.6 is 0 Å². The van der Waals surface area contributed by atoms with Gasteiger partial charge in [0.2, 0.25) is 5.91 Å². The topological polar surface area (TPSA) is 78.4 Å². The van der Waals surface area contributed by atoms with E-state index in [9.17, 15) is 22.4 Å². The standard InChI is InChI=1S/C14H19FN2O.C2HF3O2/c15-13-3-1-2-12(8-13)9-14(18)17-10-11-4-6-16-7-5-11;3-2(4,5)1(6)7/h1-3,8,11,16H,4-7,9-10H2,(H,17,18);(H,6,7). The van der Waals surface area contributed by atoms with E-state index in [1.807, 2.05) is 0 Å². The molecule has 0 spiro atoms. The summed E-state index contributed by atoms with van der Waals surface area (Å²) in [6.45, 7) is 2.80. The van der Waals surface area contributed by atoms with Crippen LogP contribution in [0.1, 0.15) is 18.4 Å². The van der Waals surface area contributed by atoms with Crippen LogP contribution in [-0.4, -0.2) is 42.8 Å². The van der Waals surface area contributed by atoms with Crippen molar-refractivity contribution < 1.29 is 32.3 Å². The maximum Gasteiger partial charge on any atom is 0.490 e. The molecule has 0 aromatic heterocycles. The van der Waals surface area contributed by atoms with Crippen molar-refractivity contribution in [1.29, 1.82) is 0 Å². The van der Waals surface area contributed by atoms with Gasteiger partial charge in [-0.05, 0) is 49.5 Å². The summed E-state index contributed by atoms with van der Waals surface area (Å²) in [7, 11) is 0. The first-order chi connectivity index (χ1) is 11.7. The fourth-order valence-electron chi connectivity index (χ4n) is 2.24. The van der Waals surface area contributed by atoms with Crippen molar-refractivity contribution in [2.75, 3.05) is 19.6 Å². The third kappa shape index (κ3) is 9.04. The highest BCUT2D eigenvalue weighted by atomic mass is 19.4.